The first-order chi connectivity index (χ1) is 24.5. The number of anilines is 3. The van der Waals surface area contributed by atoms with E-state index in [2.05, 4.69) is 48.4 Å². The number of fused-ring (bicyclic) bond motifs is 2. The maximum absolute atomic E-state index is 12.7. The van der Waals surface area contributed by atoms with Crippen LogP contribution in [0.3, 0.4) is 0 Å². The van der Waals surface area contributed by atoms with E-state index < -0.39 is 6.29 Å². The highest BCUT2D eigenvalue weighted by Gasteiger charge is 2.50. The number of aliphatic hydroxyl groups is 1. The zero-order valence-electron chi connectivity index (χ0n) is 30.5. The van der Waals surface area contributed by atoms with Gasteiger partial charge in [-0.25, -0.2) is 0 Å². The van der Waals surface area contributed by atoms with E-state index in [-0.39, 0.29) is 30.6 Å². The summed E-state index contributed by atoms with van der Waals surface area (Å²) < 4.78 is 13.3. The minimum absolute atomic E-state index is 0.00810. The number of nitrogens with one attached hydrogen (secondary N) is 2. The molecule has 6 rings (SSSR count). The molecule has 5 N–H and O–H groups in total. The normalized spacial score (nSPS) is 25.7. The summed E-state index contributed by atoms with van der Waals surface area (Å²) in [5.74, 6) is -0.0717. The number of rotatable bonds is 14. The second-order valence-electron chi connectivity index (χ2n) is 16.2. The van der Waals surface area contributed by atoms with E-state index in [0.29, 0.717) is 41.1 Å². The molecule has 3 aromatic rings. The van der Waals surface area contributed by atoms with Crippen molar-refractivity contribution in [1.82, 2.24) is 4.90 Å². The number of carbonyl (C=O) groups is 2. The van der Waals surface area contributed by atoms with Gasteiger partial charge in [-0.3, -0.25) is 14.5 Å². The Morgan fingerprint density at radius 3 is 2.20 bits per heavy atom. The molecule has 2 amide bonds. The number of nitrogen functional groups attached to an aromatic ring is 1. The fourth-order valence-electron chi connectivity index (χ4n) is 8.78. The van der Waals surface area contributed by atoms with Crippen LogP contribution >= 0.6 is 0 Å². The minimum Gasteiger partial charge on any atom is -0.397 e. The molecule has 274 valence electrons. The Bertz CT molecular complexity index is 1630. The molecule has 2 bridgehead atoms. The van der Waals surface area contributed by atoms with Crippen molar-refractivity contribution in [3.05, 3.63) is 89.5 Å². The topological polar surface area (TPSA) is 126 Å². The van der Waals surface area contributed by atoms with Crippen LogP contribution in [-0.2, 0) is 25.7 Å². The number of hydrogen-bond donors (Lipinski definition) is 4. The molecule has 3 aromatic carbocycles. The lowest BCUT2D eigenvalue weighted by molar-refractivity contribution is -0.253. The Morgan fingerprint density at radius 1 is 0.843 bits per heavy atom. The third-order valence-electron chi connectivity index (χ3n) is 10.8. The fourth-order valence-corrected chi connectivity index (χ4v) is 8.78. The summed E-state index contributed by atoms with van der Waals surface area (Å²) >= 11 is 0. The van der Waals surface area contributed by atoms with Crippen molar-refractivity contribution in [1.29, 1.82) is 0 Å². The molecule has 1 saturated carbocycles. The van der Waals surface area contributed by atoms with Crippen LogP contribution < -0.4 is 16.4 Å². The zero-order valence-corrected chi connectivity index (χ0v) is 30.5. The van der Waals surface area contributed by atoms with Gasteiger partial charge in [0.05, 0.1) is 30.2 Å². The Morgan fingerprint density at radius 2 is 1.51 bits per heavy atom. The summed E-state index contributed by atoms with van der Waals surface area (Å²) in [6, 6.07) is 23.7. The van der Waals surface area contributed by atoms with Crippen molar-refractivity contribution >= 4 is 28.9 Å². The lowest BCUT2D eigenvalue weighted by Crippen LogP contribution is -2.42. The highest BCUT2D eigenvalue weighted by atomic mass is 16.7. The average Bonchev–Trinajstić information content (AvgIpc) is 3.34. The van der Waals surface area contributed by atoms with Gasteiger partial charge in [-0.05, 0) is 78.3 Å². The number of benzene rings is 3. The van der Waals surface area contributed by atoms with Crippen molar-refractivity contribution < 1.29 is 24.2 Å². The first-order valence-electron chi connectivity index (χ1n) is 18.8. The van der Waals surface area contributed by atoms with E-state index in [9.17, 15) is 14.7 Å². The predicted octanol–water partition coefficient (Wildman–Crippen LogP) is 8.12. The molecule has 3 aliphatic rings. The van der Waals surface area contributed by atoms with Crippen molar-refractivity contribution in [3.8, 4) is 0 Å². The van der Waals surface area contributed by atoms with Crippen LogP contribution in [0.25, 0.3) is 0 Å². The first-order valence-corrected chi connectivity index (χ1v) is 18.8. The third kappa shape index (κ3) is 9.98. The number of aliphatic hydroxyl groups excluding tert-OH is 1. The lowest BCUT2D eigenvalue weighted by Gasteiger charge is -2.41. The molecule has 0 spiro atoms. The number of carbonyl (C=O) groups excluding carboxylic acids is 2. The number of amides is 2. The smallest absolute Gasteiger partial charge is 0.224 e. The van der Waals surface area contributed by atoms with Crippen molar-refractivity contribution in [2.24, 2.45) is 10.8 Å². The molecular weight excluding hydrogens is 640 g/mol. The molecule has 2 saturated heterocycles. The number of ether oxygens (including phenoxy) is 2. The van der Waals surface area contributed by atoms with Crippen LogP contribution in [0.4, 0.5) is 17.1 Å². The Balaban J connectivity index is 0.996. The average molecular weight is 697 g/mol. The quantitative estimate of drug-likeness (QED) is 0.0991. The second kappa shape index (κ2) is 16.3. The largest absolute Gasteiger partial charge is 0.397 e. The summed E-state index contributed by atoms with van der Waals surface area (Å²) in [7, 11) is 0. The predicted molar refractivity (Wildman–Crippen MR) is 202 cm³/mol. The molecule has 5 atom stereocenters. The van der Waals surface area contributed by atoms with E-state index in [1.165, 1.54) is 19.3 Å². The highest BCUT2D eigenvalue weighted by Crippen LogP contribution is 2.53. The molecular formula is C42H56N4O5. The fraction of sp³-hybridized carbons (Fsp3) is 0.524. The minimum atomic E-state index is -0.530. The molecule has 51 heavy (non-hydrogen) atoms. The van der Waals surface area contributed by atoms with Crippen LogP contribution in [-0.4, -0.2) is 47.1 Å². The standard InChI is InChI=1S/C42H56N4O5/c1-41(2)23-33-24-42(3,27-41)28-46(33)25-34-22-37(30-16-14-29(26-47)15-17-30)51-40(50-34)31-18-20-32(21-19-31)44-38(48)12-6-4-5-7-13-39(49)45-36-11-9-8-10-35(36)43/h8-11,14-21,33-34,37,40,47H,4-7,12-13,22-28,43H2,1-3H3,(H,44,48)(H,45,49)/t33?,34-,37+,40+,42?/m0/s1. The van der Waals surface area contributed by atoms with Crippen molar-refractivity contribution in [2.45, 2.75) is 116 Å². The van der Waals surface area contributed by atoms with E-state index in [1.54, 1.807) is 12.1 Å². The molecule has 9 nitrogen and oxygen atoms in total. The molecule has 2 heterocycles. The monoisotopic (exact) mass is 696 g/mol. The van der Waals surface area contributed by atoms with E-state index in [1.807, 2.05) is 48.5 Å². The van der Waals surface area contributed by atoms with Crippen LogP contribution in [0.5, 0.6) is 0 Å². The first kappa shape index (κ1) is 37.0. The van der Waals surface area contributed by atoms with E-state index in [0.717, 1.165) is 67.6 Å². The second-order valence-corrected chi connectivity index (χ2v) is 16.2. The van der Waals surface area contributed by atoms with Gasteiger partial charge in [0.25, 0.3) is 0 Å². The molecule has 1 aliphatic carbocycles. The molecule has 0 aromatic heterocycles. The number of nitrogens with zero attached hydrogens (tertiary/aromatic N) is 1. The van der Waals surface area contributed by atoms with Gasteiger partial charge in [0.2, 0.25) is 11.8 Å². The Hall–Kier alpha value is -3.76. The van der Waals surface area contributed by atoms with Crippen LogP contribution in [0, 0.1) is 10.8 Å². The highest BCUT2D eigenvalue weighted by molar-refractivity contribution is 5.93. The summed E-state index contributed by atoms with van der Waals surface area (Å²) in [5, 5.41) is 15.5. The number of unbranched alkanes of at least 4 members (excludes halogenated alkanes) is 3. The van der Waals surface area contributed by atoms with Gasteiger partial charge in [0, 0.05) is 49.6 Å². The summed E-state index contributed by atoms with van der Waals surface area (Å²) in [5.41, 5.74) is 11.4. The summed E-state index contributed by atoms with van der Waals surface area (Å²) in [6.07, 6.45) is 7.99. The lowest BCUT2D eigenvalue weighted by atomic mass is 9.65. The number of likely N-dealkylation sites (tertiary alicyclic amines) is 1. The van der Waals surface area contributed by atoms with Gasteiger partial charge in [-0.2, -0.15) is 0 Å². The molecule has 2 unspecified atom stereocenters. The van der Waals surface area contributed by atoms with Crippen molar-refractivity contribution in [3.63, 3.8) is 0 Å². The SMILES string of the molecule is CC1(C)CC2CC(C)(CN2C[C@@H]2C[C@H](c3ccc(CO)cc3)O[C@H](c3ccc(NC(=O)CCCCCCC(=O)Nc4ccccc4N)cc3)O2)C1. The van der Waals surface area contributed by atoms with Gasteiger partial charge < -0.3 is 30.9 Å². The number of hydrogen-bond acceptors (Lipinski definition) is 7. The molecule has 0 radical (unpaired) electrons. The Kier molecular flexibility index (Phi) is 11.8. The van der Waals surface area contributed by atoms with Crippen LogP contribution in [0.2, 0.25) is 0 Å². The maximum atomic E-state index is 12.7. The third-order valence-corrected chi connectivity index (χ3v) is 10.8. The Labute approximate surface area is 303 Å². The van der Waals surface area contributed by atoms with Gasteiger partial charge in [0.1, 0.15) is 0 Å². The van der Waals surface area contributed by atoms with E-state index in [4.69, 9.17) is 15.2 Å². The summed E-state index contributed by atoms with van der Waals surface area (Å²) in [6.45, 7) is 9.28. The number of nitrogens with two attached hydrogens (primary N) is 1. The van der Waals surface area contributed by atoms with E-state index >= 15 is 0 Å². The zero-order chi connectivity index (χ0) is 36.0. The van der Waals surface area contributed by atoms with Crippen LogP contribution in [0.1, 0.15) is 114 Å². The maximum Gasteiger partial charge on any atom is 0.224 e. The molecule has 2 aliphatic heterocycles. The van der Waals surface area contributed by atoms with Crippen molar-refractivity contribution in [2.75, 3.05) is 29.5 Å². The van der Waals surface area contributed by atoms with Gasteiger partial charge in [-0.1, -0.05) is 82.1 Å². The van der Waals surface area contributed by atoms with Crippen LogP contribution in [0.15, 0.2) is 72.8 Å². The van der Waals surface area contributed by atoms with Gasteiger partial charge in [-0.15, -0.1) is 0 Å². The molecule has 9 heteroatoms. The number of para-hydroxylation sites is 2. The summed E-state index contributed by atoms with van der Waals surface area (Å²) in [4.78, 5) is 27.6. The van der Waals surface area contributed by atoms with Gasteiger partial charge in [0.15, 0.2) is 6.29 Å². The molecule has 3 fully saturated rings. The van der Waals surface area contributed by atoms with Gasteiger partial charge >= 0.3 is 0 Å².